The van der Waals surface area contributed by atoms with Crippen molar-refractivity contribution in [3.63, 3.8) is 0 Å². The van der Waals surface area contributed by atoms with Gasteiger partial charge < -0.3 is 25.4 Å². The SMILES string of the molecule is CCC[C@H](NC(=O)[C@H](Cc1ccccc1)N1Cc2ccccc2C1=O)C(=O)N[C@H](CC1CCCCC1)[C@H](O)C(=O)OC(C)C. The summed E-state index contributed by atoms with van der Waals surface area (Å²) in [5.74, 6) is -1.60. The molecular formula is C35H47N3O6. The summed E-state index contributed by atoms with van der Waals surface area (Å²) < 4.78 is 5.27. The van der Waals surface area contributed by atoms with E-state index in [0.717, 1.165) is 43.2 Å². The Kier molecular flexibility index (Phi) is 11.9. The van der Waals surface area contributed by atoms with E-state index in [4.69, 9.17) is 4.74 Å². The van der Waals surface area contributed by atoms with E-state index < -0.39 is 48.1 Å². The number of amides is 3. The zero-order chi connectivity index (χ0) is 31.6. The van der Waals surface area contributed by atoms with Crippen LogP contribution in [-0.4, -0.2) is 64.0 Å². The molecule has 1 heterocycles. The van der Waals surface area contributed by atoms with Crippen molar-refractivity contribution in [1.82, 2.24) is 15.5 Å². The van der Waals surface area contributed by atoms with Crippen LogP contribution in [0.4, 0.5) is 0 Å². The lowest BCUT2D eigenvalue weighted by molar-refractivity contribution is -0.159. The highest BCUT2D eigenvalue weighted by molar-refractivity contribution is 6.01. The van der Waals surface area contributed by atoms with Gasteiger partial charge in [-0.3, -0.25) is 14.4 Å². The molecule has 0 spiro atoms. The summed E-state index contributed by atoms with van der Waals surface area (Å²) in [6.07, 6.45) is 5.04. The van der Waals surface area contributed by atoms with Crippen molar-refractivity contribution < 1.29 is 29.0 Å². The van der Waals surface area contributed by atoms with Crippen LogP contribution in [-0.2, 0) is 32.1 Å². The Morgan fingerprint density at radius 2 is 1.64 bits per heavy atom. The molecular weight excluding hydrogens is 558 g/mol. The molecule has 0 unspecified atom stereocenters. The lowest BCUT2D eigenvalue weighted by Crippen LogP contribution is -2.57. The number of carbonyl (C=O) groups is 4. The fourth-order valence-corrected chi connectivity index (χ4v) is 6.33. The maximum atomic E-state index is 14.0. The maximum Gasteiger partial charge on any atom is 0.337 e. The first-order valence-electron chi connectivity index (χ1n) is 16.1. The number of aliphatic hydroxyl groups is 1. The third kappa shape index (κ3) is 8.68. The van der Waals surface area contributed by atoms with Crippen LogP contribution in [0.15, 0.2) is 54.6 Å². The third-order valence-electron chi connectivity index (χ3n) is 8.62. The van der Waals surface area contributed by atoms with Gasteiger partial charge in [0, 0.05) is 18.5 Å². The number of nitrogens with one attached hydrogen (secondary N) is 2. The molecule has 2 aromatic rings. The van der Waals surface area contributed by atoms with E-state index in [9.17, 15) is 24.3 Å². The molecule has 4 rings (SSSR count). The molecule has 0 radical (unpaired) electrons. The molecule has 44 heavy (non-hydrogen) atoms. The molecule has 1 fully saturated rings. The van der Waals surface area contributed by atoms with Crippen molar-refractivity contribution in [3.8, 4) is 0 Å². The standard InChI is InChI=1S/C35H47N3O6/c1-4-13-28(32(40)37-29(20-24-14-7-5-8-15-24)31(39)35(43)44-23(2)3)36-33(41)30(21-25-16-9-6-10-17-25)38-22-26-18-11-12-19-27(26)34(38)42/h6,9-12,16-19,23-24,28-31,39H,4-5,7-8,13-15,20-22H2,1-3H3,(H,36,41)(H,37,40)/t28-,29+,30-,31-/m0/s1. The van der Waals surface area contributed by atoms with Crippen molar-refractivity contribution in [3.05, 3.63) is 71.3 Å². The highest BCUT2D eigenvalue weighted by Gasteiger charge is 2.38. The summed E-state index contributed by atoms with van der Waals surface area (Å²) >= 11 is 0. The Labute approximate surface area is 260 Å². The fourth-order valence-electron chi connectivity index (χ4n) is 6.33. The minimum atomic E-state index is -1.52. The molecule has 2 aliphatic rings. The van der Waals surface area contributed by atoms with Crippen molar-refractivity contribution >= 4 is 23.7 Å². The summed E-state index contributed by atoms with van der Waals surface area (Å²) in [6, 6.07) is 14.2. The van der Waals surface area contributed by atoms with Gasteiger partial charge in [0.1, 0.15) is 12.1 Å². The first-order valence-corrected chi connectivity index (χ1v) is 16.1. The van der Waals surface area contributed by atoms with Gasteiger partial charge in [-0.05, 0) is 49.8 Å². The van der Waals surface area contributed by atoms with E-state index >= 15 is 0 Å². The van der Waals surface area contributed by atoms with Crippen LogP contribution < -0.4 is 10.6 Å². The number of fused-ring (bicyclic) bond motifs is 1. The molecule has 9 nitrogen and oxygen atoms in total. The van der Waals surface area contributed by atoms with Gasteiger partial charge in [0.2, 0.25) is 11.8 Å². The normalized spacial score (nSPS) is 17.8. The molecule has 238 valence electrons. The number of ether oxygens (including phenoxy) is 1. The highest BCUT2D eigenvalue weighted by Crippen LogP contribution is 2.29. The Bertz CT molecular complexity index is 1280. The van der Waals surface area contributed by atoms with E-state index in [1.165, 1.54) is 0 Å². The van der Waals surface area contributed by atoms with E-state index in [2.05, 4.69) is 10.6 Å². The van der Waals surface area contributed by atoms with E-state index in [1.54, 1.807) is 24.8 Å². The van der Waals surface area contributed by atoms with E-state index in [1.807, 2.05) is 55.5 Å². The van der Waals surface area contributed by atoms with Gasteiger partial charge in [0.25, 0.3) is 5.91 Å². The molecule has 1 aliphatic carbocycles. The number of carbonyl (C=O) groups excluding carboxylic acids is 4. The lowest BCUT2D eigenvalue weighted by atomic mass is 9.83. The topological polar surface area (TPSA) is 125 Å². The molecule has 9 heteroatoms. The smallest absolute Gasteiger partial charge is 0.337 e. The molecule has 0 saturated heterocycles. The quantitative estimate of drug-likeness (QED) is 0.276. The number of esters is 1. The molecule has 2 aromatic carbocycles. The number of benzene rings is 2. The van der Waals surface area contributed by atoms with Crippen molar-refractivity contribution in [1.29, 1.82) is 0 Å². The second kappa shape index (κ2) is 15.8. The summed E-state index contributed by atoms with van der Waals surface area (Å²) in [5, 5.41) is 16.8. The van der Waals surface area contributed by atoms with Crippen molar-refractivity contribution in [2.45, 2.75) is 115 Å². The Hall–Kier alpha value is -3.72. The summed E-state index contributed by atoms with van der Waals surface area (Å²) in [6.45, 7) is 5.64. The molecule has 4 atom stereocenters. The Morgan fingerprint density at radius 3 is 2.30 bits per heavy atom. The molecule has 3 amide bonds. The molecule has 0 aromatic heterocycles. The van der Waals surface area contributed by atoms with Gasteiger partial charge in [-0.25, -0.2) is 4.79 Å². The predicted molar refractivity (Wildman–Crippen MR) is 167 cm³/mol. The van der Waals surface area contributed by atoms with Crippen LogP contribution in [0.3, 0.4) is 0 Å². The summed E-state index contributed by atoms with van der Waals surface area (Å²) in [4.78, 5) is 55.4. The van der Waals surface area contributed by atoms with Gasteiger partial charge in [-0.1, -0.05) is 94.0 Å². The van der Waals surface area contributed by atoms with Crippen LogP contribution in [0.5, 0.6) is 0 Å². The van der Waals surface area contributed by atoms with Crippen LogP contribution in [0.1, 0.15) is 93.6 Å². The Balaban J connectivity index is 1.53. The monoisotopic (exact) mass is 605 g/mol. The number of nitrogens with zero attached hydrogens (tertiary/aromatic N) is 1. The maximum absolute atomic E-state index is 14.0. The summed E-state index contributed by atoms with van der Waals surface area (Å²) in [5.41, 5.74) is 2.33. The van der Waals surface area contributed by atoms with Gasteiger partial charge in [-0.15, -0.1) is 0 Å². The van der Waals surface area contributed by atoms with Gasteiger partial charge in [0.15, 0.2) is 6.10 Å². The zero-order valence-electron chi connectivity index (χ0n) is 26.2. The molecule has 0 bridgehead atoms. The fraction of sp³-hybridized carbons (Fsp3) is 0.543. The van der Waals surface area contributed by atoms with Crippen molar-refractivity contribution in [2.24, 2.45) is 5.92 Å². The van der Waals surface area contributed by atoms with Gasteiger partial charge in [0.05, 0.1) is 12.1 Å². The van der Waals surface area contributed by atoms with Crippen LogP contribution in [0.25, 0.3) is 0 Å². The van der Waals surface area contributed by atoms with E-state index in [-0.39, 0.29) is 18.2 Å². The third-order valence-corrected chi connectivity index (χ3v) is 8.62. The lowest BCUT2D eigenvalue weighted by Gasteiger charge is -2.32. The molecule has 1 aliphatic heterocycles. The van der Waals surface area contributed by atoms with Crippen LogP contribution in [0.2, 0.25) is 0 Å². The van der Waals surface area contributed by atoms with E-state index in [0.29, 0.717) is 31.4 Å². The number of aliphatic hydroxyl groups excluding tert-OH is 1. The number of rotatable bonds is 14. The minimum Gasteiger partial charge on any atom is -0.461 e. The first kappa shape index (κ1) is 33.2. The predicted octanol–water partition coefficient (Wildman–Crippen LogP) is 4.31. The molecule has 3 N–H and O–H groups in total. The summed E-state index contributed by atoms with van der Waals surface area (Å²) in [7, 11) is 0. The average Bonchev–Trinajstić information content (AvgIpc) is 3.35. The zero-order valence-corrected chi connectivity index (χ0v) is 26.2. The number of hydrogen-bond donors (Lipinski definition) is 3. The van der Waals surface area contributed by atoms with Crippen LogP contribution >= 0.6 is 0 Å². The molecule has 1 saturated carbocycles. The largest absolute Gasteiger partial charge is 0.461 e. The second-order valence-electron chi connectivity index (χ2n) is 12.4. The number of hydrogen-bond acceptors (Lipinski definition) is 6. The average molecular weight is 606 g/mol. The van der Waals surface area contributed by atoms with Crippen molar-refractivity contribution in [2.75, 3.05) is 0 Å². The second-order valence-corrected chi connectivity index (χ2v) is 12.4. The Morgan fingerprint density at radius 1 is 0.955 bits per heavy atom. The highest BCUT2D eigenvalue weighted by atomic mass is 16.6. The van der Waals surface area contributed by atoms with Gasteiger partial charge in [-0.2, -0.15) is 0 Å². The van der Waals surface area contributed by atoms with Gasteiger partial charge >= 0.3 is 5.97 Å². The van der Waals surface area contributed by atoms with Crippen LogP contribution in [0, 0.1) is 5.92 Å². The minimum absolute atomic E-state index is 0.215. The first-order chi connectivity index (χ1) is 21.2.